The zero-order chi connectivity index (χ0) is 17.5. The maximum Gasteiger partial charge on any atom is 0.254 e. The summed E-state index contributed by atoms with van der Waals surface area (Å²) in [6.45, 7) is 0.389. The van der Waals surface area contributed by atoms with Crippen molar-refractivity contribution in [2.75, 3.05) is 19.0 Å². The SMILES string of the molecule is CO[C@H](CNC(=O)c1cnc(Nc2ccccc2)nc1)c1cccs1. The second-order valence-corrected chi connectivity index (χ2v) is 6.22. The van der Waals surface area contributed by atoms with Crippen LogP contribution in [0.15, 0.2) is 60.2 Å². The second-order valence-electron chi connectivity index (χ2n) is 5.24. The number of hydrogen-bond donors (Lipinski definition) is 2. The number of ether oxygens (including phenoxy) is 1. The standard InChI is InChI=1S/C18H18N4O2S/c1-24-15(16-8-5-9-25-16)12-19-17(23)13-10-20-18(21-11-13)22-14-6-3-2-4-7-14/h2-11,15H,12H2,1H3,(H,19,23)(H,20,21,22)/t15-/m1/s1. The Balaban J connectivity index is 1.57. The van der Waals surface area contributed by atoms with Gasteiger partial charge in [0.25, 0.3) is 5.91 Å². The number of aromatic nitrogens is 2. The molecular weight excluding hydrogens is 336 g/mol. The predicted molar refractivity (Wildman–Crippen MR) is 98.2 cm³/mol. The number of para-hydroxylation sites is 1. The van der Waals surface area contributed by atoms with E-state index >= 15 is 0 Å². The maximum atomic E-state index is 12.2. The Kier molecular flexibility index (Phi) is 5.71. The third-order valence-electron chi connectivity index (χ3n) is 3.54. The van der Waals surface area contributed by atoms with E-state index in [2.05, 4.69) is 20.6 Å². The van der Waals surface area contributed by atoms with Crippen LogP contribution in [0.25, 0.3) is 0 Å². The van der Waals surface area contributed by atoms with Gasteiger partial charge in [-0.2, -0.15) is 0 Å². The predicted octanol–water partition coefficient (Wildman–Crippen LogP) is 3.40. The fraction of sp³-hybridized carbons (Fsp3) is 0.167. The van der Waals surface area contributed by atoms with Gasteiger partial charge >= 0.3 is 0 Å². The zero-order valence-electron chi connectivity index (χ0n) is 13.7. The van der Waals surface area contributed by atoms with Crippen molar-refractivity contribution in [2.45, 2.75) is 6.10 Å². The van der Waals surface area contributed by atoms with E-state index in [1.807, 2.05) is 47.8 Å². The smallest absolute Gasteiger partial charge is 0.254 e. The lowest BCUT2D eigenvalue weighted by Gasteiger charge is -2.14. The average Bonchev–Trinajstić information content (AvgIpc) is 3.18. The van der Waals surface area contributed by atoms with E-state index in [4.69, 9.17) is 4.74 Å². The quantitative estimate of drug-likeness (QED) is 0.680. The highest BCUT2D eigenvalue weighted by molar-refractivity contribution is 7.10. The number of thiophene rings is 1. The van der Waals surface area contributed by atoms with Crippen molar-refractivity contribution in [3.05, 3.63) is 70.7 Å². The van der Waals surface area contributed by atoms with Crippen LogP contribution in [0.1, 0.15) is 21.3 Å². The summed E-state index contributed by atoms with van der Waals surface area (Å²) in [6.07, 6.45) is 2.84. The molecule has 0 bridgehead atoms. The number of anilines is 2. The van der Waals surface area contributed by atoms with Gasteiger partial charge in [0.2, 0.25) is 5.95 Å². The van der Waals surface area contributed by atoms with E-state index in [1.54, 1.807) is 18.4 Å². The van der Waals surface area contributed by atoms with E-state index in [0.717, 1.165) is 10.6 Å². The van der Waals surface area contributed by atoms with Crippen molar-refractivity contribution in [3.8, 4) is 0 Å². The highest BCUT2D eigenvalue weighted by Crippen LogP contribution is 2.21. The molecule has 1 atom stereocenters. The van der Waals surface area contributed by atoms with Gasteiger partial charge in [-0.25, -0.2) is 9.97 Å². The number of methoxy groups -OCH3 is 1. The van der Waals surface area contributed by atoms with Gasteiger partial charge in [-0.15, -0.1) is 11.3 Å². The van der Waals surface area contributed by atoms with Crippen LogP contribution in [0, 0.1) is 0 Å². The van der Waals surface area contributed by atoms with Gasteiger partial charge < -0.3 is 15.4 Å². The Bertz CT molecular complexity index is 792. The summed E-state index contributed by atoms with van der Waals surface area (Å²) in [7, 11) is 1.63. The molecule has 1 amide bonds. The molecular formula is C18H18N4O2S. The first-order valence-corrected chi connectivity index (χ1v) is 8.63. The van der Waals surface area contributed by atoms with Crippen LogP contribution in [0.3, 0.4) is 0 Å². The van der Waals surface area contributed by atoms with Gasteiger partial charge in [0, 0.05) is 36.6 Å². The van der Waals surface area contributed by atoms with Gasteiger partial charge in [0.1, 0.15) is 6.10 Å². The third-order valence-corrected chi connectivity index (χ3v) is 4.50. The highest BCUT2D eigenvalue weighted by Gasteiger charge is 2.14. The molecule has 2 aromatic heterocycles. The number of hydrogen-bond acceptors (Lipinski definition) is 6. The molecule has 3 rings (SSSR count). The van der Waals surface area contributed by atoms with Crippen LogP contribution in [-0.2, 0) is 4.74 Å². The van der Waals surface area contributed by atoms with E-state index in [1.165, 1.54) is 12.4 Å². The minimum Gasteiger partial charge on any atom is -0.374 e. The van der Waals surface area contributed by atoms with Crippen molar-refractivity contribution in [3.63, 3.8) is 0 Å². The average molecular weight is 354 g/mol. The summed E-state index contributed by atoms with van der Waals surface area (Å²) in [4.78, 5) is 21.7. The molecule has 7 heteroatoms. The topological polar surface area (TPSA) is 76.1 Å². The molecule has 0 unspecified atom stereocenters. The number of carbonyl (C=O) groups excluding carboxylic acids is 1. The molecule has 0 radical (unpaired) electrons. The van der Waals surface area contributed by atoms with E-state index in [0.29, 0.717) is 18.1 Å². The van der Waals surface area contributed by atoms with Crippen LogP contribution in [0.4, 0.5) is 11.6 Å². The van der Waals surface area contributed by atoms with Gasteiger partial charge in [-0.3, -0.25) is 4.79 Å². The molecule has 3 aromatic rings. The number of nitrogens with one attached hydrogen (secondary N) is 2. The Morgan fingerprint density at radius 1 is 1.16 bits per heavy atom. The molecule has 0 aliphatic heterocycles. The van der Waals surface area contributed by atoms with Gasteiger partial charge in [-0.1, -0.05) is 24.3 Å². The molecule has 0 saturated heterocycles. The summed E-state index contributed by atoms with van der Waals surface area (Å²) in [5.41, 5.74) is 1.29. The van der Waals surface area contributed by atoms with Crippen molar-refractivity contribution >= 4 is 28.9 Å². The van der Waals surface area contributed by atoms with Crippen molar-refractivity contribution < 1.29 is 9.53 Å². The lowest BCUT2D eigenvalue weighted by Crippen LogP contribution is -2.29. The summed E-state index contributed by atoms with van der Waals surface area (Å²) >= 11 is 1.60. The Morgan fingerprint density at radius 3 is 2.56 bits per heavy atom. The molecule has 1 aromatic carbocycles. The number of carbonyl (C=O) groups is 1. The van der Waals surface area contributed by atoms with Crippen molar-refractivity contribution in [2.24, 2.45) is 0 Å². The minimum atomic E-state index is -0.232. The van der Waals surface area contributed by atoms with E-state index in [-0.39, 0.29) is 12.0 Å². The van der Waals surface area contributed by atoms with Gasteiger partial charge in [-0.05, 0) is 23.6 Å². The monoisotopic (exact) mass is 354 g/mol. The normalized spacial score (nSPS) is 11.7. The first-order valence-electron chi connectivity index (χ1n) is 7.75. The molecule has 0 spiro atoms. The maximum absolute atomic E-state index is 12.2. The van der Waals surface area contributed by atoms with Gasteiger partial charge in [0.15, 0.2) is 0 Å². The first kappa shape index (κ1) is 17.1. The van der Waals surface area contributed by atoms with Crippen LogP contribution in [0.2, 0.25) is 0 Å². The largest absolute Gasteiger partial charge is 0.374 e. The molecule has 0 aliphatic rings. The number of rotatable bonds is 7. The first-order chi connectivity index (χ1) is 12.3. The molecule has 25 heavy (non-hydrogen) atoms. The van der Waals surface area contributed by atoms with Crippen molar-refractivity contribution in [1.82, 2.24) is 15.3 Å². The summed E-state index contributed by atoms with van der Waals surface area (Å²) in [5, 5.41) is 7.91. The number of nitrogens with zero attached hydrogens (tertiary/aromatic N) is 2. The lowest BCUT2D eigenvalue weighted by molar-refractivity contribution is 0.0837. The molecule has 0 saturated carbocycles. The Morgan fingerprint density at radius 2 is 1.92 bits per heavy atom. The third kappa shape index (κ3) is 4.62. The summed E-state index contributed by atoms with van der Waals surface area (Å²) < 4.78 is 5.42. The molecule has 0 fully saturated rings. The van der Waals surface area contributed by atoms with Crippen LogP contribution in [-0.4, -0.2) is 29.5 Å². The lowest BCUT2D eigenvalue weighted by atomic mass is 10.2. The second kappa shape index (κ2) is 8.36. The summed E-state index contributed by atoms with van der Waals surface area (Å²) in [6, 6.07) is 13.5. The molecule has 6 nitrogen and oxygen atoms in total. The van der Waals surface area contributed by atoms with E-state index < -0.39 is 0 Å². The molecule has 2 heterocycles. The highest BCUT2D eigenvalue weighted by atomic mass is 32.1. The molecule has 128 valence electrons. The van der Waals surface area contributed by atoms with Crippen LogP contribution < -0.4 is 10.6 Å². The Labute approximate surface area is 149 Å². The van der Waals surface area contributed by atoms with E-state index in [9.17, 15) is 4.79 Å². The van der Waals surface area contributed by atoms with Gasteiger partial charge in [0.05, 0.1) is 5.56 Å². The van der Waals surface area contributed by atoms with Crippen LogP contribution in [0.5, 0.6) is 0 Å². The Hall–Kier alpha value is -2.77. The number of amides is 1. The fourth-order valence-electron chi connectivity index (χ4n) is 2.22. The molecule has 2 N–H and O–H groups in total. The summed E-state index contributed by atoms with van der Waals surface area (Å²) in [5.74, 6) is 0.209. The molecule has 0 aliphatic carbocycles. The van der Waals surface area contributed by atoms with Crippen molar-refractivity contribution in [1.29, 1.82) is 0 Å². The zero-order valence-corrected chi connectivity index (χ0v) is 14.5. The minimum absolute atomic E-state index is 0.163. The fourth-order valence-corrected chi connectivity index (χ4v) is 3.03. The van der Waals surface area contributed by atoms with Crippen LogP contribution >= 0.6 is 11.3 Å². The number of benzene rings is 1.